The molecule has 0 saturated heterocycles. The Morgan fingerprint density at radius 1 is 1.10 bits per heavy atom. The molecular weight excluding hydrogens is 432 g/mol. The Balaban J connectivity index is 1.59. The van der Waals surface area contributed by atoms with Crippen LogP contribution >= 0.6 is 15.9 Å². The topological polar surface area (TPSA) is 73.0 Å². The maximum absolute atomic E-state index is 12.4. The average Bonchev–Trinajstić information content (AvgIpc) is 3.33. The van der Waals surface area contributed by atoms with Crippen molar-refractivity contribution in [3.05, 3.63) is 70.1 Å². The van der Waals surface area contributed by atoms with Crippen molar-refractivity contribution in [2.75, 3.05) is 5.32 Å². The molecule has 2 aromatic heterocycles. The molecule has 0 unspecified atom stereocenters. The zero-order valence-corrected chi connectivity index (χ0v) is 17.9. The fourth-order valence-corrected chi connectivity index (χ4v) is 3.42. The minimum absolute atomic E-state index is 0.239. The molecular formula is C22H21BrN4O2. The van der Waals surface area contributed by atoms with E-state index in [1.807, 2.05) is 31.2 Å². The van der Waals surface area contributed by atoms with Crippen LogP contribution in [0.2, 0.25) is 0 Å². The van der Waals surface area contributed by atoms with E-state index < -0.39 is 0 Å². The highest BCUT2D eigenvalue weighted by Gasteiger charge is 2.14. The van der Waals surface area contributed by atoms with Gasteiger partial charge in [0.2, 0.25) is 0 Å². The van der Waals surface area contributed by atoms with E-state index in [2.05, 4.69) is 50.5 Å². The highest BCUT2D eigenvalue weighted by atomic mass is 79.9. The first kappa shape index (κ1) is 19.4. The number of aromatic nitrogens is 3. The van der Waals surface area contributed by atoms with Crippen molar-refractivity contribution in [2.45, 2.75) is 33.1 Å². The molecule has 0 atom stereocenters. The molecule has 0 fully saturated rings. The van der Waals surface area contributed by atoms with Gasteiger partial charge in [0.25, 0.3) is 5.91 Å². The zero-order valence-electron chi connectivity index (χ0n) is 16.3. The molecule has 0 spiro atoms. The Labute approximate surface area is 177 Å². The fourth-order valence-electron chi connectivity index (χ4n) is 3.12. The lowest BCUT2D eigenvalue weighted by atomic mass is 10.1. The number of anilines is 1. The summed E-state index contributed by atoms with van der Waals surface area (Å²) in [5.74, 6) is -0.0728. The Kier molecular flexibility index (Phi) is 5.49. The van der Waals surface area contributed by atoms with E-state index in [-0.39, 0.29) is 11.7 Å². The molecule has 0 saturated carbocycles. The van der Waals surface area contributed by atoms with Crippen LogP contribution in [-0.4, -0.2) is 20.9 Å². The van der Waals surface area contributed by atoms with E-state index in [0.717, 1.165) is 23.2 Å². The quantitative estimate of drug-likeness (QED) is 0.408. The highest BCUT2D eigenvalue weighted by molar-refractivity contribution is 9.10. The molecule has 0 aliphatic carbocycles. The third kappa shape index (κ3) is 4.24. The maximum Gasteiger partial charge on any atom is 0.291 e. The van der Waals surface area contributed by atoms with Crippen LogP contribution in [0.25, 0.3) is 16.7 Å². The van der Waals surface area contributed by atoms with Crippen LogP contribution in [0, 0.1) is 6.92 Å². The standard InChI is InChI=1S/C22H21BrN4O2/c1-3-4-5-15-6-8-16(9-7-15)27-25-18-12-14(2)17(13-19(18)26-27)24-22(28)20-10-11-21(23)29-20/h6-13H,3-5H2,1-2H3,(H,24,28). The number of halogens is 1. The third-order valence-corrected chi connectivity index (χ3v) is 5.18. The molecule has 4 aromatic rings. The smallest absolute Gasteiger partial charge is 0.291 e. The van der Waals surface area contributed by atoms with Crippen LogP contribution in [0.1, 0.15) is 41.4 Å². The summed E-state index contributed by atoms with van der Waals surface area (Å²) < 4.78 is 5.83. The van der Waals surface area contributed by atoms with E-state index in [0.29, 0.717) is 15.9 Å². The number of hydrogen-bond acceptors (Lipinski definition) is 4. The molecule has 2 heterocycles. The van der Waals surface area contributed by atoms with Crippen LogP contribution in [0.5, 0.6) is 0 Å². The number of rotatable bonds is 6. The lowest BCUT2D eigenvalue weighted by Gasteiger charge is -2.06. The highest BCUT2D eigenvalue weighted by Crippen LogP contribution is 2.24. The predicted octanol–water partition coefficient (Wildman–Crippen LogP) is 5.68. The normalized spacial score (nSPS) is 11.1. The van der Waals surface area contributed by atoms with Gasteiger partial charge in [0, 0.05) is 5.69 Å². The monoisotopic (exact) mass is 452 g/mol. The molecule has 0 aliphatic heterocycles. The minimum Gasteiger partial charge on any atom is -0.444 e. The number of fused-ring (bicyclic) bond motifs is 1. The fraction of sp³-hybridized carbons (Fsp3) is 0.227. The van der Waals surface area contributed by atoms with Gasteiger partial charge in [-0.25, -0.2) is 0 Å². The first-order valence-corrected chi connectivity index (χ1v) is 10.4. The van der Waals surface area contributed by atoms with Crippen molar-refractivity contribution in [3.63, 3.8) is 0 Å². The summed E-state index contributed by atoms with van der Waals surface area (Å²) in [5, 5.41) is 12.0. The first-order chi connectivity index (χ1) is 14.0. The number of nitrogens with zero attached hydrogens (tertiary/aromatic N) is 3. The van der Waals surface area contributed by atoms with E-state index in [4.69, 9.17) is 4.42 Å². The van der Waals surface area contributed by atoms with Crippen LogP contribution in [-0.2, 0) is 6.42 Å². The molecule has 6 nitrogen and oxygen atoms in total. The van der Waals surface area contributed by atoms with Crippen molar-refractivity contribution in [1.82, 2.24) is 15.0 Å². The van der Waals surface area contributed by atoms with Crippen LogP contribution in [0.15, 0.2) is 57.6 Å². The van der Waals surface area contributed by atoms with E-state index in [1.165, 1.54) is 18.4 Å². The Morgan fingerprint density at radius 2 is 1.83 bits per heavy atom. The largest absolute Gasteiger partial charge is 0.444 e. The maximum atomic E-state index is 12.4. The van der Waals surface area contributed by atoms with Crippen molar-refractivity contribution >= 4 is 38.6 Å². The second-order valence-corrected chi connectivity index (χ2v) is 7.75. The summed E-state index contributed by atoms with van der Waals surface area (Å²) in [6.45, 7) is 4.12. The number of furan rings is 1. The van der Waals surface area contributed by atoms with E-state index in [9.17, 15) is 4.79 Å². The van der Waals surface area contributed by atoms with Gasteiger partial charge in [-0.2, -0.15) is 4.80 Å². The zero-order chi connectivity index (χ0) is 20.4. The molecule has 4 rings (SSSR count). The average molecular weight is 453 g/mol. The van der Waals surface area contributed by atoms with Crippen molar-refractivity contribution < 1.29 is 9.21 Å². The number of aryl methyl sites for hydroxylation is 2. The van der Waals surface area contributed by atoms with Crippen molar-refractivity contribution in [2.24, 2.45) is 0 Å². The SMILES string of the molecule is CCCCc1ccc(-n2nc3cc(C)c(NC(=O)c4ccc(Br)o4)cc3n2)cc1. The van der Waals surface area contributed by atoms with E-state index >= 15 is 0 Å². The van der Waals surface area contributed by atoms with Crippen LogP contribution in [0.3, 0.4) is 0 Å². The Hall–Kier alpha value is -2.93. The molecule has 29 heavy (non-hydrogen) atoms. The number of amides is 1. The molecule has 1 N–H and O–H groups in total. The summed E-state index contributed by atoms with van der Waals surface area (Å²) in [6.07, 6.45) is 3.45. The Morgan fingerprint density at radius 3 is 2.48 bits per heavy atom. The summed E-state index contributed by atoms with van der Waals surface area (Å²) in [5.41, 5.74) is 5.29. The number of hydrogen-bond donors (Lipinski definition) is 1. The van der Waals surface area contributed by atoms with Gasteiger partial charge in [0.05, 0.1) is 5.69 Å². The van der Waals surface area contributed by atoms with Crippen molar-refractivity contribution in [1.29, 1.82) is 0 Å². The number of benzene rings is 2. The second kappa shape index (κ2) is 8.21. The molecule has 2 aromatic carbocycles. The molecule has 0 bridgehead atoms. The van der Waals surface area contributed by atoms with Gasteiger partial charge in [-0.15, -0.1) is 10.2 Å². The summed E-state index contributed by atoms with van der Waals surface area (Å²) in [7, 11) is 0. The third-order valence-electron chi connectivity index (χ3n) is 4.76. The van der Waals surface area contributed by atoms with Crippen molar-refractivity contribution in [3.8, 4) is 5.69 Å². The number of carbonyl (C=O) groups excluding carboxylic acids is 1. The van der Waals surface area contributed by atoms with Crippen LogP contribution < -0.4 is 5.32 Å². The van der Waals surface area contributed by atoms with Crippen LogP contribution in [0.4, 0.5) is 5.69 Å². The number of nitrogens with one attached hydrogen (secondary N) is 1. The Bertz CT molecular complexity index is 1160. The molecule has 0 aliphatic rings. The van der Waals surface area contributed by atoms with Gasteiger partial charge in [-0.3, -0.25) is 4.79 Å². The molecule has 1 amide bonds. The lowest BCUT2D eigenvalue weighted by Crippen LogP contribution is -2.11. The van der Waals surface area contributed by atoms with Gasteiger partial charge in [0.15, 0.2) is 10.4 Å². The first-order valence-electron chi connectivity index (χ1n) is 9.57. The van der Waals surface area contributed by atoms with Gasteiger partial charge >= 0.3 is 0 Å². The summed E-state index contributed by atoms with van der Waals surface area (Å²) >= 11 is 3.21. The predicted molar refractivity (Wildman–Crippen MR) is 117 cm³/mol. The second-order valence-electron chi connectivity index (χ2n) is 6.97. The molecule has 7 heteroatoms. The molecule has 148 valence electrons. The van der Waals surface area contributed by atoms with Gasteiger partial charge in [-0.05, 0) is 83.2 Å². The molecule has 0 radical (unpaired) electrons. The summed E-state index contributed by atoms with van der Waals surface area (Å²) in [6, 6.07) is 15.4. The van der Waals surface area contributed by atoms with Gasteiger partial charge < -0.3 is 9.73 Å². The van der Waals surface area contributed by atoms with Gasteiger partial charge in [0.1, 0.15) is 11.0 Å². The minimum atomic E-state index is -0.312. The number of carbonyl (C=O) groups is 1. The van der Waals surface area contributed by atoms with Gasteiger partial charge in [-0.1, -0.05) is 25.5 Å². The van der Waals surface area contributed by atoms with E-state index in [1.54, 1.807) is 16.9 Å². The number of unbranched alkanes of at least 4 members (excludes halogenated alkanes) is 1. The summed E-state index contributed by atoms with van der Waals surface area (Å²) in [4.78, 5) is 14.0. The lowest BCUT2D eigenvalue weighted by molar-refractivity contribution is 0.0995.